The minimum Gasteiger partial charge on any atom is -0.369 e. The summed E-state index contributed by atoms with van der Waals surface area (Å²) >= 11 is 1.11. The monoisotopic (exact) mass is 300 g/mol. The van der Waals surface area contributed by atoms with E-state index in [9.17, 15) is 18.4 Å². The number of hydrogen-bond acceptors (Lipinski definition) is 3. The van der Waals surface area contributed by atoms with Crippen LogP contribution in [0.2, 0.25) is 0 Å². The Morgan fingerprint density at radius 1 is 1.25 bits per heavy atom. The third-order valence-corrected chi connectivity index (χ3v) is 3.95. The number of primary amides is 1. The number of carbonyl (C=O) groups is 2. The summed E-state index contributed by atoms with van der Waals surface area (Å²) in [5.74, 6) is -2.45. The van der Waals surface area contributed by atoms with Crippen molar-refractivity contribution in [3.05, 3.63) is 29.3 Å². The van der Waals surface area contributed by atoms with Crippen molar-refractivity contribution in [1.29, 1.82) is 0 Å². The van der Waals surface area contributed by atoms with Gasteiger partial charge in [-0.1, -0.05) is 0 Å². The van der Waals surface area contributed by atoms with Gasteiger partial charge in [0.1, 0.15) is 0 Å². The van der Waals surface area contributed by atoms with Crippen molar-refractivity contribution in [2.75, 3.05) is 23.0 Å². The zero-order valence-corrected chi connectivity index (χ0v) is 11.5. The fourth-order valence-electron chi connectivity index (χ4n) is 2.15. The molecule has 1 aliphatic heterocycles. The first-order valence-corrected chi connectivity index (χ1v) is 7.29. The van der Waals surface area contributed by atoms with Crippen LogP contribution in [0.1, 0.15) is 12.0 Å². The molecule has 0 spiro atoms. The van der Waals surface area contributed by atoms with Crippen LogP contribution in [0.3, 0.4) is 0 Å². The molecule has 2 amide bonds. The molecule has 7 heteroatoms. The van der Waals surface area contributed by atoms with Gasteiger partial charge in [-0.3, -0.25) is 9.59 Å². The maximum Gasteiger partial charge on any atom is 0.236 e. The van der Waals surface area contributed by atoms with Gasteiger partial charge in [-0.25, -0.2) is 8.78 Å². The number of anilines is 1. The number of thioether (sulfide) groups is 1. The Labute approximate surface area is 119 Å². The van der Waals surface area contributed by atoms with E-state index < -0.39 is 17.5 Å². The molecule has 0 saturated carbocycles. The summed E-state index contributed by atoms with van der Waals surface area (Å²) < 4.78 is 26.5. The van der Waals surface area contributed by atoms with E-state index >= 15 is 0 Å². The number of carbonyl (C=O) groups excluding carboxylic acids is 2. The maximum atomic E-state index is 13.3. The van der Waals surface area contributed by atoms with Crippen molar-refractivity contribution in [2.45, 2.75) is 12.8 Å². The summed E-state index contributed by atoms with van der Waals surface area (Å²) in [7, 11) is 0. The molecule has 1 aromatic rings. The number of benzene rings is 1. The van der Waals surface area contributed by atoms with E-state index in [1.807, 2.05) is 0 Å². The van der Waals surface area contributed by atoms with E-state index in [1.165, 1.54) is 4.90 Å². The van der Waals surface area contributed by atoms with Gasteiger partial charge in [0.05, 0.1) is 11.5 Å². The van der Waals surface area contributed by atoms with Crippen molar-refractivity contribution < 1.29 is 18.4 Å². The van der Waals surface area contributed by atoms with Crippen LogP contribution in [0, 0.1) is 11.6 Å². The molecule has 1 aromatic carbocycles. The van der Waals surface area contributed by atoms with E-state index in [4.69, 9.17) is 5.73 Å². The Hall–Kier alpha value is -1.63. The predicted molar refractivity (Wildman–Crippen MR) is 73.6 cm³/mol. The maximum absolute atomic E-state index is 13.3. The lowest BCUT2D eigenvalue weighted by Crippen LogP contribution is -2.37. The largest absolute Gasteiger partial charge is 0.369 e. The van der Waals surface area contributed by atoms with Gasteiger partial charge in [0, 0.05) is 18.3 Å². The molecule has 0 unspecified atom stereocenters. The minimum absolute atomic E-state index is 0.0597. The van der Waals surface area contributed by atoms with Crippen LogP contribution >= 0.6 is 11.8 Å². The number of hydrogen-bond donors (Lipinski definition) is 1. The molecule has 0 atom stereocenters. The van der Waals surface area contributed by atoms with Crippen LogP contribution in [0.5, 0.6) is 0 Å². The summed E-state index contributed by atoms with van der Waals surface area (Å²) in [4.78, 5) is 24.1. The first-order chi connectivity index (χ1) is 9.49. The highest BCUT2D eigenvalue weighted by atomic mass is 32.2. The molecule has 4 nitrogen and oxygen atoms in total. The summed E-state index contributed by atoms with van der Waals surface area (Å²) in [6.07, 6.45) is 1.31. The Bertz CT molecular complexity index is 551. The van der Waals surface area contributed by atoms with Crippen molar-refractivity contribution in [3.8, 4) is 0 Å². The SMILES string of the molecule is NC(=O)CSCC(=O)N1CCCc2cc(F)c(F)cc21. The summed E-state index contributed by atoms with van der Waals surface area (Å²) in [6.45, 7) is 0.466. The van der Waals surface area contributed by atoms with Crippen LogP contribution < -0.4 is 10.6 Å². The molecule has 1 aliphatic rings. The Balaban J connectivity index is 2.13. The molecule has 0 radical (unpaired) electrons. The quantitative estimate of drug-likeness (QED) is 0.915. The average Bonchev–Trinajstić information content (AvgIpc) is 2.39. The van der Waals surface area contributed by atoms with E-state index in [2.05, 4.69) is 0 Å². The van der Waals surface area contributed by atoms with Crippen molar-refractivity contribution in [2.24, 2.45) is 5.73 Å². The zero-order chi connectivity index (χ0) is 14.7. The molecule has 1 heterocycles. The molecule has 0 aliphatic carbocycles. The highest BCUT2D eigenvalue weighted by Gasteiger charge is 2.24. The van der Waals surface area contributed by atoms with Gasteiger partial charge in [0.15, 0.2) is 11.6 Å². The lowest BCUT2D eigenvalue weighted by atomic mass is 10.0. The van der Waals surface area contributed by atoms with E-state index in [0.29, 0.717) is 30.6 Å². The summed E-state index contributed by atoms with van der Waals surface area (Å²) in [6, 6.07) is 2.20. The van der Waals surface area contributed by atoms with Gasteiger partial charge in [0.2, 0.25) is 11.8 Å². The van der Waals surface area contributed by atoms with Crippen LogP contribution in [0.4, 0.5) is 14.5 Å². The Kier molecular flexibility index (Phi) is 4.59. The number of aryl methyl sites for hydroxylation is 1. The molecule has 0 saturated heterocycles. The highest BCUT2D eigenvalue weighted by molar-refractivity contribution is 8.00. The van der Waals surface area contributed by atoms with E-state index in [1.54, 1.807) is 0 Å². The summed E-state index contributed by atoms with van der Waals surface area (Å²) in [5.41, 5.74) is 6.04. The Morgan fingerprint density at radius 2 is 1.95 bits per heavy atom. The number of nitrogens with two attached hydrogens (primary N) is 1. The van der Waals surface area contributed by atoms with Crippen LogP contribution in [0.15, 0.2) is 12.1 Å². The second-order valence-corrected chi connectivity index (χ2v) is 5.49. The van der Waals surface area contributed by atoms with Gasteiger partial charge >= 0.3 is 0 Å². The zero-order valence-electron chi connectivity index (χ0n) is 10.7. The first kappa shape index (κ1) is 14.8. The van der Waals surface area contributed by atoms with Crippen LogP contribution in [-0.4, -0.2) is 29.9 Å². The Morgan fingerprint density at radius 3 is 2.65 bits per heavy atom. The smallest absolute Gasteiger partial charge is 0.236 e. The predicted octanol–water partition coefficient (Wildman–Crippen LogP) is 1.46. The lowest BCUT2D eigenvalue weighted by molar-refractivity contribution is -0.116. The molecule has 108 valence electrons. The number of rotatable bonds is 4. The minimum atomic E-state index is -0.965. The number of halogens is 2. The van der Waals surface area contributed by atoms with Crippen LogP contribution in [-0.2, 0) is 16.0 Å². The van der Waals surface area contributed by atoms with Gasteiger partial charge in [-0.15, -0.1) is 11.8 Å². The molecule has 0 bridgehead atoms. The fourth-order valence-corrected chi connectivity index (χ4v) is 2.79. The van der Waals surface area contributed by atoms with Crippen molar-refractivity contribution in [1.82, 2.24) is 0 Å². The first-order valence-electron chi connectivity index (χ1n) is 6.13. The molecular weight excluding hydrogens is 286 g/mol. The molecule has 0 aromatic heterocycles. The van der Waals surface area contributed by atoms with Crippen LogP contribution in [0.25, 0.3) is 0 Å². The average molecular weight is 300 g/mol. The molecule has 2 rings (SSSR count). The normalized spacial score (nSPS) is 14.0. The molecule has 20 heavy (non-hydrogen) atoms. The lowest BCUT2D eigenvalue weighted by Gasteiger charge is -2.29. The number of nitrogens with zero attached hydrogens (tertiary/aromatic N) is 1. The van der Waals surface area contributed by atoms with Crippen molar-refractivity contribution >= 4 is 29.3 Å². The topological polar surface area (TPSA) is 63.4 Å². The standard InChI is InChI=1S/C13H14F2N2O2S/c14-9-4-8-2-1-3-17(11(8)5-10(9)15)13(19)7-20-6-12(16)18/h4-5H,1-3,6-7H2,(H2,16,18). The van der Waals surface area contributed by atoms with E-state index in [-0.39, 0.29) is 17.4 Å². The number of amides is 2. The molecular formula is C13H14F2N2O2S. The molecule has 0 fully saturated rings. The van der Waals surface area contributed by atoms with E-state index in [0.717, 1.165) is 23.9 Å². The van der Waals surface area contributed by atoms with Gasteiger partial charge in [0.25, 0.3) is 0 Å². The third-order valence-electron chi connectivity index (χ3n) is 3.01. The third kappa shape index (κ3) is 3.27. The second kappa shape index (κ2) is 6.21. The molecule has 2 N–H and O–H groups in total. The fraction of sp³-hybridized carbons (Fsp3) is 0.385. The van der Waals surface area contributed by atoms with Gasteiger partial charge < -0.3 is 10.6 Å². The second-order valence-electron chi connectivity index (χ2n) is 4.50. The van der Waals surface area contributed by atoms with Gasteiger partial charge in [-0.05, 0) is 24.5 Å². The summed E-state index contributed by atoms with van der Waals surface area (Å²) in [5, 5.41) is 0. The number of fused-ring (bicyclic) bond motifs is 1. The van der Waals surface area contributed by atoms with Gasteiger partial charge in [-0.2, -0.15) is 0 Å². The highest BCUT2D eigenvalue weighted by Crippen LogP contribution is 2.29. The van der Waals surface area contributed by atoms with Crippen molar-refractivity contribution in [3.63, 3.8) is 0 Å².